The van der Waals surface area contributed by atoms with Crippen molar-refractivity contribution in [1.82, 2.24) is 14.9 Å². The highest BCUT2D eigenvalue weighted by atomic mass is 16.5. The molecule has 7 nitrogen and oxygen atoms in total. The summed E-state index contributed by atoms with van der Waals surface area (Å²) in [5, 5.41) is 11.4. The van der Waals surface area contributed by atoms with Crippen LogP contribution in [0, 0.1) is 6.92 Å². The molecule has 5 rings (SSSR count). The molecule has 4 aromatic rings. The first kappa shape index (κ1) is 23.9. The first-order chi connectivity index (χ1) is 18.0. The number of hydrogen-bond acceptors (Lipinski definition) is 6. The van der Waals surface area contributed by atoms with Crippen LogP contribution in [0.4, 0.5) is 0 Å². The summed E-state index contributed by atoms with van der Waals surface area (Å²) < 4.78 is 5.91. The summed E-state index contributed by atoms with van der Waals surface area (Å²) in [7, 11) is 0. The fourth-order valence-corrected chi connectivity index (χ4v) is 4.50. The number of nitrogens with zero attached hydrogens (tertiary/aromatic N) is 3. The number of ketones is 1. The highest BCUT2D eigenvalue weighted by Crippen LogP contribution is 2.40. The van der Waals surface area contributed by atoms with Gasteiger partial charge in [-0.1, -0.05) is 36.4 Å². The lowest BCUT2D eigenvalue weighted by Gasteiger charge is -2.25. The molecule has 0 aliphatic carbocycles. The van der Waals surface area contributed by atoms with Gasteiger partial charge in [-0.05, 0) is 65.6 Å². The second-order valence-electron chi connectivity index (χ2n) is 8.82. The number of ether oxygens (including phenoxy) is 1. The van der Waals surface area contributed by atoms with Gasteiger partial charge in [0.15, 0.2) is 0 Å². The third-order valence-corrected chi connectivity index (χ3v) is 6.34. The summed E-state index contributed by atoms with van der Waals surface area (Å²) in [6, 6.07) is 21.4. The van der Waals surface area contributed by atoms with Gasteiger partial charge in [0.1, 0.15) is 18.1 Å². The first-order valence-electron chi connectivity index (χ1n) is 11.9. The number of pyridine rings is 2. The third-order valence-electron chi connectivity index (χ3n) is 6.34. The molecule has 0 unspecified atom stereocenters. The number of rotatable bonds is 7. The molecule has 0 spiro atoms. The second kappa shape index (κ2) is 10.5. The number of benzene rings is 2. The Labute approximate surface area is 214 Å². The highest BCUT2D eigenvalue weighted by Gasteiger charge is 2.46. The van der Waals surface area contributed by atoms with Gasteiger partial charge in [0.25, 0.3) is 11.7 Å². The molecule has 0 radical (unpaired) electrons. The van der Waals surface area contributed by atoms with Crippen LogP contribution in [0.15, 0.2) is 103 Å². The molecule has 37 heavy (non-hydrogen) atoms. The van der Waals surface area contributed by atoms with Gasteiger partial charge in [0.2, 0.25) is 0 Å². The highest BCUT2D eigenvalue weighted by molar-refractivity contribution is 6.46. The minimum Gasteiger partial charge on any atom is -0.507 e. The fourth-order valence-electron chi connectivity index (χ4n) is 4.50. The Morgan fingerprint density at radius 3 is 2.38 bits per heavy atom. The molecule has 2 aromatic heterocycles. The molecule has 3 heterocycles. The van der Waals surface area contributed by atoms with E-state index in [1.165, 1.54) is 4.90 Å². The van der Waals surface area contributed by atoms with Crippen molar-refractivity contribution in [3.05, 3.63) is 131 Å². The maximum absolute atomic E-state index is 13.3. The number of aryl methyl sites for hydroxylation is 1. The Balaban J connectivity index is 1.51. The van der Waals surface area contributed by atoms with Crippen molar-refractivity contribution in [3.63, 3.8) is 0 Å². The van der Waals surface area contributed by atoms with E-state index in [-0.39, 0.29) is 17.9 Å². The predicted octanol–water partition coefficient (Wildman–Crippen LogP) is 4.99. The smallest absolute Gasteiger partial charge is 0.295 e. The molecule has 1 fully saturated rings. The molecule has 1 atom stereocenters. The van der Waals surface area contributed by atoms with E-state index in [0.29, 0.717) is 23.5 Å². The van der Waals surface area contributed by atoms with Crippen LogP contribution in [0.3, 0.4) is 0 Å². The molecule has 1 aliphatic rings. The summed E-state index contributed by atoms with van der Waals surface area (Å²) in [6.45, 7) is 2.41. The minimum absolute atomic E-state index is 0.0427. The third kappa shape index (κ3) is 4.97. The summed E-state index contributed by atoms with van der Waals surface area (Å²) in [4.78, 5) is 36.1. The van der Waals surface area contributed by atoms with E-state index >= 15 is 0 Å². The lowest BCUT2D eigenvalue weighted by atomic mass is 9.94. The number of amides is 1. The quantitative estimate of drug-likeness (QED) is 0.223. The van der Waals surface area contributed by atoms with Gasteiger partial charge in [-0.15, -0.1) is 0 Å². The molecular weight excluding hydrogens is 466 g/mol. The van der Waals surface area contributed by atoms with Gasteiger partial charge in [-0.25, -0.2) is 0 Å². The molecule has 1 saturated heterocycles. The summed E-state index contributed by atoms with van der Waals surface area (Å²) in [6.07, 6.45) is 6.50. The van der Waals surface area contributed by atoms with E-state index in [1.807, 2.05) is 49.4 Å². The zero-order valence-corrected chi connectivity index (χ0v) is 20.2. The number of hydrogen-bond donors (Lipinski definition) is 1. The van der Waals surface area contributed by atoms with Crippen molar-refractivity contribution in [3.8, 4) is 5.75 Å². The lowest BCUT2D eigenvalue weighted by molar-refractivity contribution is -0.140. The van der Waals surface area contributed by atoms with Crippen molar-refractivity contribution < 1.29 is 19.4 Å². The Bertz CT molecular complexity index is 1450. The van der Waals surface area contributed by atoms with Crippen LogP contribution >= 0.6 is 0 Å². The number of aromatic nitrogens is 2. The zero-order chi connectivity index (χ0) is 25.8. The molecule has 7 heteroatoms. The molecule has 1 N–H and O–H groups in total. The lowest BCUT2D eigenvalue weighted by Crippen LogP contribution is -2.29. The minimum atomic E-state index is -0.767. The van der Waals surface area contributed by atoms with E-state index in [2.05, 4.69) is 9.97 Å². The Morgan fingerprint density at radius 1 is 0.919 bits per heavy atom. The molecule has 0 saturated carbocycles. The average molecular weight is 492 g/mol. The number of carbonyl (C=O) groups is 2. The SMILES string of the molecule is Cc1cc(OCc2ccccc2)ccc1C(O)=C1C(=O)C(=O)N(Cc2cccnc2)[C@@H]1c1ccncc1. The van der Waals surface area contributed by atoms with E-state index in [1.54, 1.807) is 55.1 Å². The zero-order valence-electron chi connectivity index (χ0n) is 20.2. The van der Waals surface area contributed by atoms with Crippen molar-refractivity contribution in [1.29, 1.82) is 0 Å². The van der Waals surface area contributed by atoms with Crippen LogP contribution in [0.2, 0.25) is 0 Å². The molecule has 2 aromatic carbocycles. The topological polar surface area (TPSA) is 92.6 Å². The van der Waals surface area contributed by atoms with Crippen molar-refractivity contribution in [2.24, 2.45) is 0 Å². The van der Waals surface area contributed by atoms with E-state index < -0.39 is 17.7 Å². The van der Waals surface area contributed by atoms with Crippen LogP contribution < -0.4 is 4.74 Å². The van der Waals surface area contributed by atoms with Gasteiger partial charge in [-0.3, -0.25) is 19.6 Å². The van der Waals surface area contributed by atoms with Crippen LogP contribution in [-0.2, 0) is 22.7 Å². The van der Waals surface area contributed by atoms with E-state index in [9.17, 15) is 14.7 Å². The monoisotopic (exact) mass is 491 g/mol. The van der Waals surface area contributed by atoms with Gasteiger partial charge in [0.05, 0.1) is 11.6 Å². The largest absolute Gasteiger partial charge is 0.507 e. The Morgan fingerprint density at radius 2 is 1.68 bits per heavy atom. The van der Waals surface area contributed by atoms with E-state index in [4.69, 9.17) is 4.74 Å². The number of aliphatic hydroxyl groups is 1. The number of likely N-dealkylation sites (tertiary alicyclic amines) is 1. The van der Waals surface area contributed by atoms with E-state index in [0.717, 1.165) is 16.7 Å². The fraction of sp³-hybridized carbons (Fsp3) is 0.133. The maximum Gasteiger partial charge on any atom is 0.295 e. The summed E-state index contributed by atoms with van der Waals surface area (Å²) in [5.74, 6) is -0.985. The Hall–Kier alpha value is -4.78. The number of Topliss-reactive ketones (excluding diaryl/α,β-unsaturated/α-hetero) is 1. The normalized spacial score (nSPS) is 16.7. The van der Waals surface area contributed by atoms with Crippen LogP contribution in [0.1, 0.15) is 33.9 Å². The number of aliphatic hydroxyl groups excluding tert-OH is 1. The summed E-state index contributed by atoms with van der Waals surface area (Å²) >= 11 is 0. The standard InChI is InChI=1S/C30H25N3O4/c1-20-16-24(37-19-21-6-3-2-4-7-21)9-10-25(20)28(34)26-27(23-11-14-31-15-12-23)33(30(36)29(26)35)18-22-8-5-13-32-17-22/h2-17,27,34H,18-19H2,1H3/t27-/m1/s1. The maximum atomic E-state index is 13.3. The van der Waals surface area contributed by atoms with Crippen LogP contribution in [-0.4, -0.2) is 31.7 Å². The predicted molar refractivity (Wildman–Crippen MR) is 138 cm³/mol. The van der Waals surface area contributed by atoms with Crippen molar-refractivity contribution in [2.45, 2.75) is 26.1 Å². The summed E-state index contributed by atoms with van der Waals surface area (Å²) in [5.41, 5.74) is 3.72. The van der Waals surface area contributed by atoms with Gasteiger partial charge in [-0.2, -0.15) is 0 Å². The van der Waals surface area contributed by atoms with Gasteiger partial charge < -0.3 is 14.7 Å². The Kier molecular flexibility index (Phi) is 6.76. The van der Waals surface area contributed by atoms with Crippen LogP contribution in [0.5, 0.6) is 5.75 Å². The van der Waals surface area contributed by atoms with Gasteiger partial charge >= 0.3 is 0 Å². The molecule has 1 aliphatic heterocycles. The molecule has 1 amide bonds. The van der Waals surface area contributed by atoms with Crippen molar-refractivity contribution >= 4 is 17.4 Å². The molecule has 0 bridgehead atoms. The first-order valence-corrected chi connectivity index (χ1v) is 11.9. The van der Waals surface area contributed by atoms with Crippen molar-refractivity contribution in [2.75, 3.05) is 0 Å². The second-order valence-corrected chi connectivity index (χ2v) is 8.82. The van der Waals surface area contributed by atoms with Gasteiger partial charge in [0, 0.05) is 36.9 Å². The molecular formula is C30H25N3O4. The average Bonchev–Trinajstić information content (AvgIpc) is 3.18. The van der Waals surface area contributed by atoms with Crippen LogP contribution in [0.25, 0.3) is 5.76 Å². The number of carbonyl (C=O) groups excluding carboxylic acids is 2. The molecule has 184 valence electrons.